The molecule has 0 unspecified atom stereocenters. The van der Waals surface area contributed by atoms with Gasteiger partial charge in [-0.1, -0.05) is 27.2 Å². The molecule has 0 aliphatic rings. The minimum absolute atomic E-state index is 0.705. The zero-order valence-electron chi connectivity index (χ0n) is 8.22. The molecule has 2 heterocycles. The molecular weight excluding hydrogens is 268 g/mol. The van der Waals surface area contributed by atoms with E-state index in [4.69, 9.17) is 4.52 Å². The molecule has 0 amide bonds. The molecule has 78 valence electrons. The maximum atomic E-state index is 5.32. The second-order valence-electron chi connectivity index (χ2n) is 3.39. The topological polar surface area (TPSA) is 38.9 Å². The van der Waals surface area contributed by atoms with Crippen molar-refractivity contribution in [1.29, 1.82) is 0 Å². The van der Waals surface area contributed by atoms with Gasteiger partial charge in [0.2, 0.25) is 0 Å². The van der Waals surface area contributed by atoms with E-state index >= 15 is 0 Å². The summed E-state index contributed by atoms with van der Waals surface area (Å²) in [5.74, 6) is 0.705. The molecule has 0 aliphatic carbocycles. The molecule has 3 aromatic rings. The Balaban J connectivity index is 2.29. The van der Waals surface area contributed by atoms with Gasteiger partial charge in [-0.05, 0) is 30.3 Å². The first-order valence-electron chi connectivity index (χ1n) is 4.81. The average molecular weight is 275 g/mol. The molecular formula is C12H7BrN2O. The van der Waals surface area contributed by atoms with Crippen LogP contribution >= 0.6 is 15.9 Å². The van der Waals surface area contributed by atoms with E-state index in [1.54, 1.807) is 6.20 Å². The third kappa shape index (κ3) is 1.51. The number of hydrogen-bond acceptors (Lipinski definition) is 3. The van der Waals surface area contributed by atoms with Crippen LogP contribution in [0.4, 0.5) is 0 Å². The maximum absolute atomic E-state index is 5.32. The standard InChI is InChI=1S/C12H7BrN2O/c13-8-4-5-10-9(7-8)12(16-15-10)11-3-1-2-6-14-11/h1-7H. The molecule has 0 aliphatic heterocycles. The Kier molecular flexibility index (Phi) is 2.22. The Morgan fingerprint density at radius 2 is 2.06 bits per heavy atom. The largest absolute Gasteiger partial charge is 0.353 e. The van der Waals surface area contributed by atoms with E-state index in [0.29, 0.717) is 5.76 Å². The molecule has 16 heavy (non-hydrogen) atoms. The van der Waals surface area contributed by atoms with E-state index in [9.17, 15) is 0 Å². The number of aromatic nitrogens is 2. The fraction of sp³-hybridized carbons (Fsp3) is 0. The second-order valence-corrected chi connectivity index (χ2v) is 4.30. The van der Waals surface area contributed by atoms with E-state index in [1.165, 1.54) is 0 Å². The van der Waals surface area contributed by atoms with Crippen LogP contribution in [0.5, 0.6) is 0 Å². The predicted molar refractivity (Wildman–Crippen MR) is 64.9 cm³/mol. The van der Waals surface area contributed by atoms with Crippen LogP contribution in [0.25, 0.3) is 22.4 Å². The Labute approximate surface area is 100 Å². The van der Waals surface area contributed by atoms with Gasteiger partial charge in [0.25, 0.3) is 0 Å². The van der Waals surface area contributed by atoms with Gasteiger partial charge in [-0.2, -0.15) is 0 Å². The van der Waals surface area contributed by atoms with Gasteiger partial charge in [0, 0.05) is 10.7 Å². The van der Waals surface area contributed by atoms with Crippen molar-refractivity contribution in [1.82, 2.24) is 10.1 Å². The highest BCUT2D eigenvalue weighted by Gasteiger charge is 2.11. The monoisotopic (exact) mass is 274 g/mol. The lowest BCUT2D eigenvalue weighted by molar-refractivity contribution is 0.439. The number of nitrogens with zero attached hydrogens (tertiary/aromatic N) is 2. The lowest BCUT2D eigenvalue weighted by Crippen LogP contribution is -1.79. The normalized spacial score (nSPS) is 10.8. The van der Waals surface area contributed by atoms with E-state index in [0.717, 1.165) is 21.1 Å². The average Bonchev–Trinajstić information content (AvgIpc) is 2.73. The highest BCUT2D eigenvalue weighted by atomic mass is 79.9. The Hall–Kier alpha value is -1.68. The zero-order chi connectivity index (χ0) is 11.0. The quantitative estimate of drug-likeness (QED) is 0.680. The fourth-order valence-electron chi connectivity index (χ4n) is 1.60. The van der Waals surface area contributed by atoms with Crippen LogP contribution in [0.2, 0.25) is 0 Å². The highest BCUT2D eigenvalue weighted by molar-refractivity contribution is 9.10. The Morgan fingerprint density at radius 1 is 1.12 bits per heavy atom. The van der Waals surface area contributed by atoms with Crippen LogP contribution < -0.4 is 0 Å². The van der Waals surface area contributed by atoms with Gasteiger partial charge in [-0.25, -0.2) is 0 Å². The number of hydrogen-bond donors (Lipinski definition) is 0. The third-order valence-electron chi connectivity index (χ3n) is 2.34. The van der Waals surface area contributed by atoms with Crippen LogP contribution in [0.3, 0.4) is 0 Å². The molecule has 0 radical (unpaired) electrons. The van der Waals surface area contributed by atoms with Gasteiger partial charge >= 0.3 is 0 Å². The molecule has 0 N–H and O–H groups in total. The van der Waals surface area contributed by atoms with Crippen molar-refractivity contribution in [3.05, 3.63) is 47.1 Å². The lowest BCUT2D eigenvalue weighted by atomic mass is 10.2. The summed E-state index contributed by atoms with van der Waals surface area (Å²) < 4.78 is 6.32. The lowest BCUT2D eigenvalue weighted by Gasteiger charge is -1.94. The molecule has 0 saturated heterocycles. The van der Waals surface area contributed by atoms with Crippen LogP contribution in [0.1, 0.15) is 0 Å². The van der Waals surface area contributed by atoms with Gasteiger partial charge in [0.1, 0.15) is 11.2 Å². The number of halogens is 1. The van der Waals surface area contributed by atoms with Crippen molar-refractivity contribution in [3.8, 4) is 11.5 Å². The van der Waals surface area contributed by atoms with E-state index in [2.05, 4.69) is 26.1 Å². The van der Waals surface area contributed by atoms with Crippen molar-refractivity contribution >= 4 is 26.8 Å². The molecule has 0 atom stereocenters. The number of pyridine rings is 1. The van der Waals surface area contributed by atoms with Crippen LogP contribution in [-0.4, -0.2) is 10.1 Å². The van der Waals surface area contributed by atoms with Crippen LogP contribution in [0.15, 0.2) is 51.6 Å². The minimum Gasteiger partial charge on any atom is -0.353 e. The number of rotatable bonds is 1. The molecule has 2 aromatic heterocycles. The summed E-state index contributed by atoms with van der Waals surface area (Å²) in [5.41, 5.74) is 1.63. The first-order valence-corrected chi connectivity index (χ1v) is 5.60. The maximum Gasteiger partial charge on any atom is 0.193 e. The van der Waals surface area contributed by atoms with Gasteiger partial charge < -0.3 is 4.52 Å². The first kappa shape index (κ1) is 9.54. The fourth-order valence-corrected chi connectivity index (χ4v) is 1.96. The van der Waals surface area contributed by atoms with Gasteiger partial charge in [-0.3, -0.25) is 4.98 Å². The summed E-state index contributed by atoms with van der Waals surface area (Å²) in [4.78, 5) is 4.25. The number of fused-ring (bicyclic) bond motifs is 1. The van der Waals surface area contributed by atoms with Gasteiger partial charge in [-0.15, -0.1) is 0 Å². The smallest absolute Gasteiger partial charge is 0.193 e. The van der Waals surface area contributed by atoms with Crippen molar-refractivity contribution < 1.29 is 4.52 Å². The molecule has 0 spiro atoms. The SMILES string of the molecule is Brc1ccc2noc(-c3ccccn3)c2c1. The Bertz CT molecular complexity index is 634. The van der Waals surface area contributed by atoms with Crippen molar-refractivity contribution in [2.24, 2.45) is 0 Å². The summed E-state index contributed by atoms with van der Waals surface area (Å²) in [6.07, 6.45) is 1.74. The molecule has 3 nitrogen and oxygen atoms in total. The van der Waals surface area contributed by atoms with Crippen LogP contribution in [0, 0.1) is 0 Å². The van der Waals surface area contributed by atoms with Gasteiger partial charge in [0.15, 0.2) is 5.76 Å². The molecule has 1 aromatic carbocycles. The predicted octanol–water partition coefficient (Wildman–Crippen LogP) is 3.65. The summed E-state index contributed by atoms with van der Waals surface area (Å²) >= 11 is 3.43. The molecule has 0 saturated carbocycles. The summed E-state index contributed by atoms with van der Waals surface area (Å²) in [7, 11) is 0. The summed E-state index contributed by atoms with van der Waals surface area (Å²) in [6, 6.07) is 11.5. The number of benzene rings is 1. The van der Waals surface area contributed by atoms with Gasteiger partial charge in [0.05, 0.1) is 5.39 Å². The third-order valence-corrected chi connectivity index (χ3v) is 2.83. The molecule has 0 bridgehead atoms. The Morgan fingerprint density at radius 3 is 2.88 bits per heavy atom. The van der Waals surface area contributed by atoms with Crippen LogP contribution in [-0.2, 0) is 0 Å². The molecule has 3 rings (SSSR count). The second kappa shape index (κ2) is 3.72. The van der Waals surface area contributed by atoms with E-state index < -0.39 is 0 Å². The van der Waals surface area contributed by atoms with E-state index in [-0.39, 0.29) is 0 Å². The molecule has 0 fully saturated rings. The molecule has 4 heteroatoms. The van der Waals surface area contributed by atoms with Crippen molar-refractivity contribution in [3.63, 3.8) is 0 Å². The minimum atomic E-state index is 0.705. The summed E-state index contributed by atoms with van der Waals surface area (Å²) in [5, 5.41) is 4.97. The zero-order valence-corrected chi connectivity index (χ0v) is 9.81. The van der Waals surface area contributed by atoms with Crippen molar-refractivity contribution in [2.45, 2.75) is 0 Å². The van der Waals surface area contributed by atoms with Crippen molar-refractivity contribution in [2.75, 3.05) is 0 Å². The first-order chi connectivity index (χ1) is 7.84. The van der Waals surface area contributed by atoms with E-state index in [1.807, 2.05) is 36.4 Å². The highest BCUT2D eigenvalue weighted by Crippen LogP contribution is 2.29. The summed E-state index contributed by atoms with van der Waals surface area (Å²) in [6.45, 7) is 0.